The average Bonchev–Trinajstić information content (AvgIpc) is 2.43. The maximum absolute atomic E-state index is 12.2. The Morgan fingerprint density at radius 2 is 2.17 bits per heavy atom. The molecule has 18 heavy (non-hydrogen) atoms. The summed E-state index contributed by atoms with van der Waals surface area (Å²) in [4.78, 5) is 25.7. The minimum absolute atomic E-state index is 0.0400. The first kappa shape index (κ1) is 12.6. The van der Waals surface area contributed by atoms with Crippen molar-refractivity contribution in [3.05, 3.63) is 24.3 Å². The molecule has 1 heterocycles. The third-order valence-electron chi connectivity index (χ3n) is 3.09. The number of nitrogens with zero attached hydrogens (tertiary/aromatic N) is 1. The first-order chi connectivity index (χ1) is 8.63. The zero-order chi connectivity index (χ0) is 13.1. The van der Waals surface area contributed by atoms with Gasteiger partial charge in [-0.2, -0.15) is 0 Å². The van der Waals surface area contributed by atoms with Crippen LogP contribution >= 0.6 is 0 Å². The van der Waals surface area contributed by atoms with Crippen molar-refractivity contribution in [3.8, 4) is 0 Å². The van der Waals surface area contributed by atoms with Gasteiger partial charge in [-0.3, -0.25) is 9.59 Å². The Balaban J connectivity index is 2.43. The van der Waals surface area contributed by atoms with Gasteiger partial charge in [0.05, 0.1) is 11.4 Å². The minimum Gasteiger partial charge on any atom is -0.324 e. The summed E-state index contributed by atoms with van der Waals surface area (Å²) in [5.41, 5.74) is 1.52. The Bertz CT molecular complexity index is 471. The van der Waals surface area contributed by atoms with Gasteiger partial charge in [0.1, 0.15) is 0 Å². The standard InChI is InChI=1S/C14H18N2O2/c1-3-6-14(18)16-10(2)9-13(17)15-11-7-4-5-8-12(11)16/h4-5,7-8,10H,3,6,9H2,1-2H3,(H,15,17)/t10-/m0/s1. The second kappa shape index (κ2) is 5.21. The van der Waals surface area contributed by atoms with E-state index in [0.29, 0.717) is 12.8 Å². The molecule has 0 spiro atoms. The quantitative estimate of drug-likeness (QED) is 0.871. The van der Waals surface area contributed by atoms with Crippen molar-refractivity contribution in [1.29, 1.82) is 0 Å². The zero-order valence-electron chi connectivity index (χ0n) is 10.8. The third-order valence-corrected chi connectivity index (χ3v) is 3.09. The smallest absolute Gasteiger partial charge is 0.227 e. The molecule has 1 aliphatic rings. The van der Waals surface area contributed by atoms with E-state index in [9.17, 15) is 9.59 Å². The molecule has 0 saturated heterocycles. The van der Waals surface area contributed by atoms with Crippen LogP contribution in [0.3, 0.4) is 0 Å². The van der Waals surface area contributed by atoms with Gasteiger partial charge < -0.3 is 10.2 Å². The van der Waals surface area contributed by atoms with Gasteiger partial charge in [0.15, 0.2) is 0 Å². The Hall–Kier alpha value is -1.84. The number of carbonyl (C=O) groups excluding carboxylic acids is 2. The van der Waals surface area contributed by atoms with Gasteiger partial charge in [0.2, 0.25) is 11.8 Å². The van der Waals surface area contributed by atoms with Crippen molar-refractivity contribution >= 4 is 23.2 Å². The van der Waals surface area contributed by atoms with Crippen molar-refractivity contribution in [2.45, 2.75) is 39.2 Å². The summed E-state index contributed by atoms with van der Waals surface area (Å²) in [6.45, 7) is 3.89. The van der Waals surface area contributed by atoms with Crippen LogP contribution in [0.4, 0.5) is 11.4 Å². The summed E-state index contributed by atoms with van der Waals surface area (Å²) in [6.07, 6.45) is 1.66. The van der Waals surface area contributed by atoms with Crippen molar-refractivity contribution in [2.75, 3.05) is 10.2 Å². The lowest BCUT2D eigenvalue weighted by Crippen LogP contribution is -2.38. The summed E-state index contributed by atoms with van der Waals surface area (Å²) >= 11 is 0. The van der Waals surface area contributed by atoms with Crippen LogP contribution in [0, 0.1) is 0 Å². The van der Waals surface area contributed by atoms with Crippen LogP contribution in [0.25, 0.3) is 0 Å². The Morgan fingerprint density at radius 3 is 2.89 bits per heavy atom. The minimum atomic E-state index is -0.104. The molecule has 0 fully saturated rings. The SMILES string of the molecule is CCCC(=O)N1c2ccccc2NC(=O)C[C@@H]1C. The number of para-hydroxylation sites is 2. The Kier molecular flexibility index (Phi) is 3.65. The highest BCUT2D eigenvalue weighted by molar-refractivity contribution is 6.04. The summed E-state index contributed by atoms with van der Waals surface area (Å²) < 4.78 is 0. The highest BCUT2D eigenvalue weighted by atomic mass is 16.2. The first-order valence-electron chi connectivity index (χ1n) is 6.34. The number of benzene rings is 1. The Morgan fingerprint density at radius 1 is 1.44 bits per heavy atom. The van der Waals surface area contributed by atoms with E-state index < -0.39 is 0 Å². The van der Waals surface area contributed by atoms with E-state index >= 15 is 0 Å². The van der Waals surface area contributed by atoms with Crippen LogP contribution in [-0.2, 0) is 9.59 Å². The van der Waals surface area contributed by atoms with Gasteiger partial charge in [0, 0.05) is 18.9 Å². The molecule has 1 N–H and O–H groups in total. The molecule has 0 aromatic heterocycles. The molecule has 0 bridgehead atoms. The van der Waals surface area contributed by atoms with Crippen LogP contribution in [0.15, 0.2) is 24.3 Å². The Labute approximate surface area is 107 Å². The molecule has 4 heteroatoms. The largest absolute Gasteiger partial charge is 0.324 e. The molecule has 2 rings (SSSR count). The number of amides is 2. The van der Waals surface area contributed by atoms with E-state index in [1.165, 1.54) is 0 Å². The highest BCUT2D eigenvalue weighted by Gasteiger charge is 2.28. The van der Waals surface area contributed by atoms with Gasteiger partial charge in [-0.25, -0.2) is 0 Å². The molecule has 1 aromatic carbocycles. The summed E-state index contributed by atoms with van der Waals surface area (Å²) in [5.74, 6) is 0.0377. The van der Waals surface area contributed by atoms with Gasteiger partial charge in [0.25, 0.3) is 0 Å². The number of carbonyl (C=O) groups is 2. The molecular weight excluding hydrogens is 228 g/mol. The van der Waals surface area contributed by atoms with Crippen molar-refractivity contribution < 1.29 is 9.59 Å². The number of fused-ring (bicyclic) bond motifs is 1. The second-order valence-electron chi connectivity index (χ2n) is 4.63. The van der Waals surface area contributed by atoms with E-state index in [1.54, 1.807) is 4.90 Å². The fourth-order valence-electron chi connectivity index (χ4n) is 2.30. The van der Waals surface area contributed by atoms with E-state index in [0.717, 1.165) is 17.8 Å². The number of nitrogens with one attached hydrogen (secondary N) is 1. The van der Waals surface area contributed by atoms with E-state index in [4.69, 9.17) is 0 Å². The van der Waals surface area contributed by atoms with E-state index in [1.807, 2.05) is 38.1 Å². The lowest BCUT2D eigenvalue weighted by molar-refractivity contribution is -0.119. The second-order valence-corrected chi connectivity index (χ2v) is 4.63. The summed E-state index contributed by atoms with van der Waals surface area (Å²) in [6, 6.07) is 7.35. The number of anilines is 2. The molecule has 1 aliphatic heterocycles. The van der Waals surface area contributed by atoms with E-state index in [-0.39, 0.29) is 17.9 Å². The fraction of sp³-hybridized carbons (Fsp3) is 0.429. The fourth-order valence-corrected chi connectivity index (χ4v) is 2.30. The van der Waals surface area contributed by atoms with Crippen LogP contribution in [0.1, 0.15) is 33.1 Å². The predicted octanol–water partition coefficient (Wildman–Crippen LogP) is 2.55. The van der Waals surface area contributed by atoms with Crippen LogP contribution < -0.4 is 10.2 Å². The van der Waals surface area contributed by atoms with Crippen LogP contribution in [-0.4, -0.2) is 17.9 Å². The van der Waals surface area contributed by atoms with Crippen LogP contribution in [0.2, 0.25) is 0 Å². The van der Waals surface area contributed by atoms with Gasteiger partial charge in [-0.15, -0.1) is 0 Å². The molecule has 1 atom stereocenters. The van der Waals surface area contributed by atoms with Crippen molar-refractivity contribution in [2.24, 2.45) is 0 Å². The molecule has 96 valence electrons. The summed E-state index contributed by atoms with van der Waals surface area (Å²) in [5, 5.41) is 2.85. The van der Waals surface area contributed by atoms with E-state index in [2.05, 4.69) is 5.32 Å². The third kappa shape index (κ3) is 2.37. The van der Waals surface area contributed by atoms with Crippen molar-refractivity contribution in [1.82, 2.24) is 0 Å². The molecular formula is C14H18N2O2. The molecule has 0 unspecified atom stereocenters. The molecule has 0 saturated carbocycles. The topological polar surface area (TPSA) is 49.4 Å². The normalized spacial score (nSPS) is 18.9. The number of hydrogen-bond acceptors (Lipinski definition) is 2. The molecule has 2 amide bonds. The predicted molar refractivity (Wildman–Crippen MR) is 71.5 cm³/mol. The number of rotatable bonds is 2. The maximum atomic E-state index is 12.2. The zero-order valence-corrected chi connectivity index (χ0v) is 10.8. The molecule has 4 nitrogen and oxygen atoms in total. The molecule has 1 aromatic rings. The van der Waals surface area contributed by atoms with Crippen LogP contribution in [0.5, 0.6) is 0 Å². The van der Waals surface area contributed by atoms with Gasteiger partial charge in [-0.1, -0.05) is 19.1 Å². The van der Waals surface area contributed by atoms with Gasteiger partial charge in [-0.05, 0) is 25.5 Å². The van der Waals surface area contributed by atoms with Gasteiger partial charge >= 0.3 is 0 Å². The lowest BCUT2D eigenvalue weighted by Gasteiger charge is -2.27. The number of hydrogen-bond donors (Lipinski definition) is 1. The molecule has 0 radical (unpaired) electrons. The summed E-state index contributed by atoms with van der Waals surface area (Å²) in [7, 11) is 0. The monoisotopic (exact) mass is 246 g/mol. The van der Waals surface area contributed by atoms with Crippen molar-refractivity contribution in [3.63, 3.8) is 0 Å². The first-order valence-corrected chi connectivity index (χ1v) is 6.34. The highest BCUT2D eigenvalue weighted by Crippen LogP contribution is 2.31. The lowest BCUT2D eigenvalue weighted by atomic mass is 10.1. The molecule has 0 aliphatic carbocycles. The average molecular weight is 246 g/mol. The maximum Gasteiger partial charge on any atom is 0.227 e.